The van der Waals surface area contributed by atoms with Gasteiger partial charge in [-0.25, -0.2) is 13.9 Å². The molecule has 0 aliphatic carbocycles. The second kappa shape index (κ2) is 7.88. The van der Waals surface area contributed by atoms with Crippen LogP contribution in [0.5, 0.6) is 11.5 Å². The molecule has 1 amide bonds. The summed E-state index contributed by atoms with van der Waals surface area (Å²) >= 11 is 0. The molecule has 0 aliphatic rings. The van der Waals surface area contributed by atoms with Crippen molar-refractivity contribution in [1.29, 1.82) is 0 Å². The smallest absolute Gasteiger partial charge is 0.248 e. The summed E-state index contributed by atoms with van der Waals surface area (Å²) < 4.78 is 31.0. The molecule has 0 radical (unpaired) electrons. The third-order valence-corrected chi connectivity index (χ3v) is 5.78. The zero-order valence-corrected chi connectivity index (χ0v) is 15.8. The molecule has 0 bridgehead atoms. The number of carbonyl (C=O) groups is 1. The van der Waals surface area contributed by atoms with Crippen molar-refractivity contribution in [1.82, 2.24) is 5.48 Å². The van der Waals surface area contributed by atoms with Gasteiger partial charge < -0.3 is 4.74 Å². The van der Waals surface area contributed by atoms with Gasteiger partial charge in [0, 0.05) is 0 Å². The van der Waals surface area contributed by atoms with Crippen LogP contribution in [0.15, 0.2) is 59.5 Å². The predicted octanol–water partition coefficient (Wildman–Crippen LogP) is 3.42. The van der Waals surface area contributed by atoms with Gasteiger partial charge in [0.05, 0.1) is 16.6 Å². The van der Waals surface area contributed by atoms with Crippen LogP contribution in [-0.2, 0) is 14.6 Å². The Kier molecular flexibility index (Phi) is 6.05. The normalized spacial score (nSPS) is 13.1. The summed E-state index contributed by atoms with van der Waals surface area (Å²) in [4.78, 5) is 12.0. The quantitative estimate of drug-likeness (QED) is 0.594. The molecule has 0 saturated heterocycles. The van der Waals surface area contributed by atoms with Crippen molar-refractivity contribution in [3.05, 3.63) is 54.6 Å². The Labute approximate surface area is 153 Å². The summed E-state index contributed by atoms with van der Waals surface area (Å²) in [6.45, 7) is 5.25. The van der Waals surface area contributed by atoms with Crippen LogP contribution in [0.25, 0.3) is 0 Å². The van der Waals surface area contributed by atoms with E-state index < -0.39 is 32.8 Å². The van der Waals surface area contributed by atoms with Gasteiger partial charge in [0.2, 0.25) is 5.91 Å². The molecule has 140 valence electrons. The number of para-hydroxylation sites is 1. The number of nitrogens with one attached hydrogen (secondary N) is 1. The number of sulfone groups is 1. The highest BCUT2D eigenvalue weighted by Crippen LogP contribution is 2.30. The Morgan fingerprint density at radius 1 is 1.04 bits per heavy atom. The number of benzene rings is 2. The average molecular weight is 377 g/mol. The van der Waals surface area contributed by atoms with Crippen LogP contribution in [0.4, 0.5) is 0 Å². The lowest BCUT2D eigenvalue weighted by Crippen LogP contribution is -2.40. The van der Waals surface area contributed by atoms with Crippen molar-refractivity contribution in [2.75, 3.05) is 5.75 Å². The van der Waals surface area contributed by atoms with Gasteiger partial charge in [0.15, 0.2) is 9.84 Å². The molecule has 0 fully saturated rings. The molecular formula is C19H23NO5S. The van der Waals surface area contributed by atoms with Crippen molar-refractivity contribution in [3.63, 3.8) is 0 Å². The number of amides is 1. The Hall–Kier alpha value is -2.38. The van der Waals surface area contributed by atoms with Crippen molar-refractivity contribution in [2.24, 2.45) is 11.3 Å². The molecule has 2 aromatic rings. The maximum absolute atomic E-state index is 12.7. The van der Waals surface area contributed by atoms with Crippen LogP contribution >= 0.6 is 0 Å². The summed E-state index contributed by atoms with van der Waals surface area (Å²) in [6, 6.07) is 15.2. The summed E-state index contributed by atoms with van der Waals surface area (Å²) in [5.41, 5.74) is 0.930. The number of hydroxylamine groups is 1. The van der Waals surface area contributed by atoms with Gasteiger partial charge in [0.25, 0.3) is 0 Å². The number of ether oxygens (including phenoxy) is 1. The van der Waals surface area contributed by atoms with E-state index in [0.717, 1.165) is 0 Å². The van der Waals surface area contributed by atoms with Gasteiger partial charge in [-0.05, 0) is 41.8 Å². The van der Waals surface area contributed by atoms with E-state index in [-0.39, 0.29) is 4.90 Å². The minimum Gasteiger partial charge on any atom is -0.457 e. The molecule has 2 aromatic carbocycles. The Bertz CT molecular complexity index is 840. The summed E-state index contributed by atoms with van der Waals surface area (Å²) in [5, 5.41) is 8.90. The van der Waals surface area contributed by atoms with Crippen LogP contribution in [0.3, 0.4) is 0 Å². The van der Waals surface area contributed by atoms with E-state index in [1.807, 2.05) is 18.2 Å². The fourth-order valence-corrected chi connectivity index (χ4v) is 4.29. The highest BCUT2D eigenvalue weighted by molar-refractivity contribution is 7.91. The second-order valence-corrected chi connectivity index (χ2v) is 9.10. The Morgan fingerprint density at radius 2 is 1.58 bits per heavy atom. The van der Waals surface area contributed by atoms with E-state index in [4.69, 9.17) is 9.94 Å². The van der Waals surface area contributed by atoms with Gasteiger partial charge in [-0.1, -0.05) is 39.0 Å². The minimum absolute atomic E-state index is 0.0953. The van der Waals surface area contributed by atoms with Gasteiger partial charge in [-0.3, -0.25) is 10.0 Å². The summed E-state index contributed by atoms with van der Waals surface area (Å²) in [7, 11) is -3.71. The van der Waals surface area contributed by atoms with Gasteiger partial charge in [0.1, 0.15) is 11.5 Å². The molecule has 7 heteroatoms. The van der Waals surface area contributed by atoms with Crippen molar-refractivity contribution >= 4 is 15.7 Å². The second-order valence-electron chi connectivity index (χ2n) is 7.06. The SMILES string of the molecule is CC(C)(C)C(CS(=O)(=O)c1ccc(Oc2ccccc2)cc1)C(=O)NO. The molecule has 2 N–H and O–H groups in total. The largest absolute Gasteiger partial charge is 0.457 e. The van der Waals surface area contributed by atoms with E-state index in [1.165, 1.54) is 12.1 Å². The minimum atomic E-state index is -3.71. The molecule has 1 atom stereocenters. The molecule has 0 saturated carbocycles. The first-order valence-electron chi connectivity index (χ1n) is 8.13. The Balaban J connectivity index is 2.19. The van der Waals surface area contributed by atoms with Crippen LogP contribution in [0, 0.1) is 11.3 Å². The Morgan fingerprint density at radius 3 is 2.08 bits per heavy atom. The third kappa shape index (κ3) is 5.06. The fourth-order valence-electron chi connectivity index (χ4n) is 2.45. The topological polar surface area (TPSA) is 92.7 Å². The summed E-state index contributed by atoms with van der Waals surface area (Å²) in [6.07, 6.45) is 0. The van der Waals surface area contributed by atoms with Gasteiger partial charge in [-0.15, -0.1) is 0 Å². The molecule has 0 aromatic heterocycles. The van der Waals surface area contributed by atoms with E-state index in [0.29, 0.717) is 11.5 Å². The maximum Gasteiger partial charge on any atom is 0.248 e. The average Bonchev–Trinajstić information content (AvgIpc) is 2.59. The number of hydrogen-bond acceptors (Lipinski definition) is 5. The molecular weight excluding hydrogens is 354 g/mol. The molecule has 0 heterocycles. The van der Waals surface area contributed by atoms with E-state index >= 15 is 0 Å². The van der Waals surface area contributed by atoms with Gasteiger partial charge in [-0.2, -0.15) is 0 Å². The molecule has 6 nitrogen and oxygen atoms in total. The molecule has 0 aliphatic heterocycles. The van der Waals surface area contributed by atoms with Crippen LogP contribution in [0.1, 0.15) is 20.8 Å². The molecule has 2 rings (SSSR count). The van der Waals surface area contributed by atoms with E-state index in [2.05, 4.69) is 0 Å². The molecule has 0 spiro atoms. The van der Waals surface area contributed by atoms with Crippen LogP contribution in [0.2, 0.25) is 0 Å². The predicted molar refractivity (Wildman–Crippen MR) is 97.9 cm³/mol. The third-order valence-electron chi connectivity index (χ3n) is 4.02. The van der Waals surface area contributed by atoms with Crippen LogP contribution in [-0.4, -0.2) is 25.3 Å². The zero-order valence-electron chi connectivity index (χ0n) is 15.0. The first kappa shape index (κ1) is 19.9. The number of carbonyl (C=O) groups excluding carboxylic acids is 1. The first-order chi connectivity index (χ1) is 12.1. The van der Waals surface area contributed by atoms with E-state index in [1.54, 1.807) is 50.5 Å². The zero-order chi connectivity index (χ0) is 19.4. The monoisotopic (exact) mass is 377 g/mol. The highest BCUT2D eigenvalue weighted by atomic mass is 32.2. The summed E-state index contributed by atoms with van der Waals surface area (Å²) in [5.74, 6) is -0.851. The van der Waals surface area contributed by atoms with Crippen molar-refractivity contribution < 1.29 is 23.2 Å². The van der Waals surface area contributed by atoms with E-state index in [9.17, 15) is 13.2 Å². The molecule has 1 unspecified atom stereocenters. The van der Waals surface area contributed by atoms with Crippen LogP contribution < -0.4 is 10.2 Å². The highest BCUT2D eigenvalue weighted by Gasteiger charge is 2.35. The first-order valence-corrected chi connectivity index (χ1v) is 9.78. The van der Waals surface area contributed by atoms with Crippen molar-refractivity contribution in [3.8, 4) is 11.5 Å². The standard InChI is InChI=1S/C19H23NO5S/c1-19(2,3)17(18(21)20-22)13-26(23,24)16-11-9-15(10-12-16)25-14-7-5-4-6-8-14/h4-12,17,22H,13H2,1-3H3,(H,20,21). The number of hydrogen-bond donors (Lipinski definition) is 2. The maximum atomic E-state index is 12.7. The lowest BCUT2D eigenvalue weighted by Gasteiger charge is -2.28. The van der Waals surface area contributed by atoms with Crippen molar-refractivity contribution in [2.45, 2.75) is 25.7 Å². The lowest BCUT2D eigenvalue weighted by molar-refractivity contribution is -0.135. The fraction of sp³-hybridized carbons (Fsp3) is 0.316. The lowest BCUT2D eigenvalue weighted by atomic mass is 9.81. The van der Waals surface area contributed by atoms with Gasteiger partial charge >= 0.3 is 0 Å². The molecule has 26 heavy (non-hydrogen) atoms. The number of rotatable bonds is 6.